The Balaban J connectivity index is 1.40. The molecule has 10 heteroatoms. The number of amides is 1. The molecule has 3 aliphatic rings. The van der Waals surface area contributed by atoms with E-state index in [1.807, 2.05) is 4.90 Å². The number of halogens is 3. The van der Waals surface area contributed by atoms with Gasteiger partial charge in [-0.2, -0.15) is 0 Å². The van der Waals surface area contributed by atoms with Gasteiger partial charge in [-0.25, -0.2) is 4.39 Å². The molecule has 190 valence electrons. The first-order valence-electron chi connectivity index (χ1n) is 12.0. The molecule has 1 N–H and O–H groups in total. The number of para-hydroxylation sites is 1. The summed E-state index contributed by atoms with van der Waals surface area (Å²) in [4.78, 5) is 28.0. The molecule has 0 saturated carbocycles. The van der Waals surface area contributed by atoms with Gasteiger partial charge in [-0.1, -0.05) is 53.5 Å². The van der Waals surface area contributed by atoms with Crippen LogP contribution in [0.2, 0.25) is 10.0 Å². The summed E-state index contributed by atoms with van der Waals surface area (Å²) < 4.78 is 19.0. The van der Waals surface area contributed by atoms with Gasteiger partial charge in [0.15, 0.2) is 11.3 Å². The maximum Gasteiger partial charge on any atom is 0.256 e. The molecule has 6 rings (SSSR count). The lowest BCUT2D eigenvalue weighted by atomic mass is 9.77. The standard InChI is InChI=1S/C27H22Cl2FN3O4/c28-19-12-16(13-20(29)24(19)37-14-15-7-9-17(30)10-8-15)23-22-6-3-11-32(22)27(25(23)33(35)36)18-4-1-2-5-21(18)31-26(27)34/h1-2,4-5,7-10,12-13,22-23,25H,3,6,11,14H2,(H,31,34)/t22-,23+,25-,27+/m1/s1. The van der Waals surface area contributed by atoms with Crippen LogP contribution in [0.4, 0.5) is 10.1 Å². The molecule has 0 aromatic heterocycles. The fourth-order valence-electron chi connectivity index (χ4n) is 6.42. The highest BCUT2D eigenvalue weighted by molar-refractivity contribution is 6.37. The second kappa shape index (κ2) is 8.97. The molecule has 0 unspecified atom stereocenters. The number of hydrogen-bond acceptors (Lipinski definition) is 5. The predicted molar refractivity (Wildman–Crippen MR) is 137 cm³/mol. The average Bonchev–Trinajstić information content (AvgIpc) is 3.53. The zero-order valence-electron chi connectivity index (χ0n) is 19.5. The van der Waals surface area contributed by atoms with Gasteiger partial charge in [0, 0.05) is 28.8 Å². The van der Waals surface area contributed by atoms with Crippen LogP contribution in [0.5, 0.6) is 5.75 Å². The largest absolute Gasteiger partial charge is 0.486 e. The Morgan fingerprint density at radius 3 is 2.54 bits per heavy atom. The zero-order chi connectivity index (χ0) is 25.9. The third kappa shape index (κ3) is 3.61. The number of rotatable bonds is 5. The SMILES string of the molecule is O=C1Nc2ccccc2[C@]12[C@H]([N+](=O)[O-])[C@@H](c1cc(Cl)c(OCc3ccc(F)cc3)c(Cl)c1)[C@H]1CCCN12. The van der Waals surface area contributed by atoms with Crippen molar-refractivity contribution in [3.8, 4) is 5.75 Å². The number of nitrogens with one attached hydrogen (secondary N) is 1. The van der Waals surface area contributed by atoms with Crippen LogP contribution in [0.15, 0.2) is 60.7 Å². The molecule has 3 aromatic carbocycles. The summed E-state index contributed by atoms with van der Waals surface area (Å²) in [6, 6.07) is 14.9. The summed E-state index contributed by atoms with van der Waals surface area (Å²) in [5.74, 6) is -1.09. The Hall–Kier alpha value is -3.20. The molecule has 3 heterocycles. The van der Waals surface area contributed by atoms with Gasteiger partial charge in [0.1, 0.15) is 12.4 Å². The van der Waals surface area contributed by atoms with Crippen LogP contribution < -0.4 is 10.1 Å². The predicted octanol–water partition coefficient (Wildman–Crippen LogP) is 5.77. The lowest BCUT2D eigenvalue weighted by Crippen LogP contribution is -2.55. The molecule has 2 fully saturated rings. The van der Waals surface area contributed by atoms with E-state index in [1.165, 1.54) is 12.1 Å². The number of nitro groups is 1. The van der Waals surface area contributed by atoms with E-state index in [0.717, 1.165) is 12.0 Å². The van der Waals surface area contributed by atoms with Crippen LogP contribution in [0.3, 0.4) is 0 Å². The van der Waals surface area contributed by atoms with Gasteiger partial charge in [0.25, 0.3) is 11.9 Å². The normalized spacial score (nSPS) is 26.2. The molecule has 3 aromatic rings. The van der Waals surface area contributed by atoms with E-state index in [1.54, 1.807) is 48.5 Å². The van der Waals surface area contributed by atoms with E-state index >= 15 is 0 Å². The maximum absolute atomic E-state index is 13.6. The summed E-state index contributed by atoms with van der Waals surface area (Å²) in [5, 5.41) is 16.1. The summed E-state index contributed by atoms with van der Waals surface area (Å²) in [6.07, 6.45) is 1.54. The molecule has 1 spiro atoms. The first-order chi connectivity index (χ1) is 17.8. The Morgan fingerprint density at radius 2 is 1.84 bits per heavy atom. The van der Waals surface area contributed by atoms with Crippen LogP contribution in [-0.4, -0.2) is 34.4 Å². The van der Waals surface area contributed by atoms with Crippen LogP contribution in [0.25, 0.3) is 0 Å². The Labute approximate surface area is 222 Å². The molecular formula is C27H22Cl2FN3O4. The van der Waals surface area contributed by atoms with E-state index in [9.17, 15) is 19.3 Å². The van der Waals surface area contributed by atoms with Crippen LogP contribution in [0.1, 0.15) is 35.4 Å². The van der Waals surface area contributed by atoms with Crippen molar-refractivity contribution in [2.75, 3.05) is 11.9 Å². The number of fused-ring (bicyclic) bond motifs is 4. The molecule has 3 aliphatic heterocycles. The quantitative estimate of drug-likeness (QED) is 0.327. The van der Waals surface area contributed by atoms with Crippen molar-refractivity contribution in [3.05, 3.63) is 103 Å². The maximum atomic E-state index is 13.6. The zero-order valence-corrected chi connectivity index (χ0v) is 21.0. The minimum absolute atomic E-state index is 0.122. The molecule has 0 radical (unpaired) electrons. The number of carbonyl (C=O) groups excluding carboxylic acids is 1. The smallest absolute Gasteiger partial charge is 0.256 e. The van der Waals surface area contributed by atoms with Gasteiger partial charge in [0.2, 0.25) is 0 Å². The first kappa shape index (κ1) is 24.2. The van der Waals surface area contributed by atoms with Crippen molar-refractivity contribution >= 4 is 34.8 Å². The summed E-state index contributed by atoms with van der Waals surface area (Å²) in [7, 11) is 0. The molecule has 7 nitrogen and oxygen atoms in total. The lowest BCUT2D eigenvalue weighted by Gasteiger charge is -2.32. The van der Waals surface area contributed by atoms with Crippen molar-refractivity contribution in [1.29, 1.82) is 0 Å². The fraction of sp³-hybridized carbons (Fsp3) is 0.296. The summed E-state index contributed by atoms with van der Waals surface area (Å²) in [6.45, 7) is 0.698. The summed E-state index contributed by atoms with van der Waals surface area (Å²) >= 11 is 13.2. The second-order valence-corrected chi connectivity index (χ2v) is 10.5. The molecule has 0 aliphatic carbocycles. The van der Waals surface area contributed by atoms with Gasteiger partial charge >= 0.3 is 0 Å². The van der Waals surface area contributed by atoms with Crippen molar-refractivity contribution < 1.29 is 18.8 Å². The van der Waals surface area contributed by atoms with E-state index < -0.39 is 17.5 Å². The number of ether oxygens (including phenoxy) is 1. The van der Waals surface area contributed by atoms with Gasteiger partial charge in [-0.15, -0.1) is 0 Å². The molecule has 4 atom stereocenters. The number of anilines is 1. The fourth-order valence-corrected chi connectivity index (χ4v) is 7.03. The van der Waals surface area contributed by atoms with Crippen LogP contribution in [0, 0.1) is 15.9 Å². The Kier molecular flexibility index (Phi) is 5.86. The Bertz CT molecular complexity index is 1400. The molecule has 1 amide bonds. The monoisotopic (exact) mass is 541 g/mol. The topological polar surface area (TPSA) is 84.7 Å². The van der Waals surface area contributed by atoms with E-state index in [4.69, 9.17) is 27.9 Å². The van der Waals surface area contributed by atoms with Crippen LogP contribution >= 0.6 is 23.2 Å². The minimum atomic E-state index is -1.41. The van der Waals surface area contributed by atoms with E-state index in [0.29, 0.717) is 29.8 Å². The first-order valence-corrected chi connectivity index (χ1v) is 12.8. The van der Waals surface area contributed by atoms with Gasteiger partial charge in [-0.05, 0) is 54.3 Å². The summed E-state index contributed by atoms with van der Waals surface area (Å²) in [5.41, 5.74) is 1.15. The highest BCUT2D eigenvalue weighted by Gasteiger charge is 2.73. The van der Waals surface area contributed by atoms with Crippen molar-refractivity contribution in [1.82, 2.24) is 4.90 Å². The number of nitrogens with zero attached hydrogens (tertiary/aromatic N) is 2. The number of benzene rings is 3. The molecular weight excluding hydrogens is 520 g/mol. The molecule has 37 heavy (non-hydrogen) atoms. The van der Waals surface area contributed by atoms with Crippen LogP contribution in [-0.2, 0) is 16.9 Å². The van der Waals surface area contributed by atoms with E-state index in [2.05, 4.69) is 5.32 Å². The van der Waals surface area contributed by atoms with Crippen molar-refractivity contribution in [3.63, 3.8) is 0 Å². The highest BCUT2D eigenvalue weighted by atomic mass is 35.5. The molecule has 0 bridgehead atoms. The minimum Gasteiger partial charge on any atom is -0.486 e. The third-order valence-electron chi connectivity index (χ3n) is 7.80. The molecule has 2 saturated heterocycles. The van der Waals surface area contributed by atoms with Crippen molar-refractivity contribution in [2.24, 2.45) is 0 Å². The third-order valence-corrected chi connectivity index (χ3v) is 8.36. The Morgan fingerprint density at radius 1 is 1.14 bits per heavy atom. The van der Waals surface area contributed by atoms with Gasteiger partial charge in [0.05, 0.1) is 16.0 Å². The lowest BCUT2D eigenvalue weighted by molar-refractivity contribution is -0.534. The van der Waals surface area contributed by atoms with E-state index in [-0.39, 0.29) is 45.1 Å². The number of carbonyl (C=O) groups is 1. The number of hydrogen-bond donors (Lipinski definition) is 1. The average molecular weight is 542 g/mol. The second-order valence-electron chi connectivity index (χ2n) is 9.65. The highest BCUT2D eigenvalue weighted by Crippen LogP contribution is 2.58. The van der Waals surface area contributed by atoms with Crippen molar-refractivity contribution in [2.45, 2.75) is 43.0 Å². The van der Waals surface area contributed by atoms with Gasteiger partial charge < -0.3 is 10.1 Å². The van der Waals surface area contributed by atoms with Gasteiger partial charge in [-0.3, -0.25) is 19.8 Å².